The van der Waals surface area contributed by atoms with Gasteiger partial charge in [-0.15, -0.1) is 0 Å². The van der Waals surface area contributed by atoms with Crippen LogP contribution in [0.3, 0.4) is 0 Å². The molecule has 0 atom stereocenters. The summed E-state index contributed by atoms with van der Waals surface area (Å²) in [7, 11) is -1.94. The lowest BCUT2D eigenvalue weighted by Crippen LogP contribution is -2.35. The number of nitrogens with zero attached hydrogens (tertiary/aromatic N) is 7. The first-order valence-electron chi connectivity index (χ1n) is 13.5. The van der Waals surface area contributed by atoms with Gasteiger partial charge in [0.1, 0.15) is 17.3 Å². The fourth-order valence-corrected chi connectivity index (χ4v) is 6.35. The van der Waals surface area contributed by atoms with Crippen molar-refractivity contribution < 1.29 is 18.3 Å². The molecule has 14 heteroatoms. The number of ether oxygens (including phenoxy) is 1. The Balaban J connectivity index is 1.28. The number of methoxy groups -OCH3 is 1. The average Bonchev–Trinajstić information content (AvgIpc) is 3.71. The van der Waals surface area contributed by atoms with Crippen molar-refractivity contribution in [3.05, 3.63) is 49.3 Å². The SMILES string of the molecule is COc1nccnc1-c1cnc(Nc2ccnc(-c3cnn(S(=O)(=O)C4CC4)c3)n2)cc1NC1CCC(C)(O)CC1. The molecular weight excluding hydrogens is 546 g/mol. The molecule has 0 saturated heterocycles. The first-order chi connectivity index (χ1) is 19.7. The van der Waals surface area contributed by atoms with Crippen molar-refractivity contribution in [1.82, 2.24) is 34.1 Å². The van der Waals surface area contributed by atoms with Gasteiger partial charge in [0.2, 0.25) is 5.88 Å². The Morgan fingerprint density at radius 2 is 1.80 bits per heavy atom. The highest BCUT2D eigenvalue weighted by atomic mass is 32.2. The molecule has 0 spiro atoms. The minimum absolute atomic E-state index is 0.154. The number of rotatable bonds is 9. The van der Waals surface area contributed by atoms with Crippen molar-refractivity contribution >= 4 is 27.3 Å². The van der Waals surface area contributed by atoms with Crippen LogP contribution in [-0.4, -0.2) is 71.6 Å². The second kappa shape index (κ2) is 10.7. The number of anilines is 3. The van der Waals surface area contributed by atoms with Gasteiger partial charge in [0.15, 0.2) is 5.82 Å². The topological polar surface area (TPSA) is 170 Å². The average molecular weight is 578 g/mol. The zero-order valence-corrected chi connectivity index (χ0v) is 23.5. The van der Waals surface area contributed by atoms with Gasteiger partial charge >= 0.3 is 0 Å². The fraction of sp³-hybridized carbons (Fsp3) is 0.407. The molecule has 2 saturated carbocycles. The molecule has 3 N–H and O–H groups in total. The molecule has 214 valence electrons. The van der Waals surface area contributed by atoms with Crippen molar-refractivity contribution in [1.29, 1.82) is 0 Å². The molecule has 0 amide bonds. The van der Waals surface area contributed by atoms with E-state index in [9.17, 15) is 13.5 Å². The van der Waals surface area contributed by atoms with Crippen LogP contribution in [0.5, 0.6) is 5.88 Å². The molecule has 0 aliphatic heterocycles. The quantitative estimate of drug-likeness (QED) is 0.265. The number of aromatic nitrogens is 7. The van der Waals surface area contributed by atoms with E-state index in [1.54, 1.807) is 38.0 Å². The summed E-state index contributed by atoms with van der Waals surface area (Å²) in [6.07, 6.45) is 13.7. The highest BCUT2D eigenvalue weighted by molar-refractivity contribution is 7.90. The summed E-state index contributed by atoms with van der Waals surface area (Å²) < 4.78 is 31.5. The molecule has 2 aliphatic carbocycles. The first kappa shape index (κ1) is 27.0. The van der Waals surface area contributed by atoms with Gasteiger partial charge in [-0.05, 0) is 51.5 Å². The Morgan fingerprint density at radius 1 is 1.02 bits per heavy atom. The summed E-state index contributed by atoms with van der Waals surface area (Å²) in [5.74, 6) is 1.72. The summed E-state index contributed by atoms with van der Waals surface area (Å²) in [5, 5.41) is 20.9. The maximum absolute atomic E-state index is 12.5. The summed E-state index contributed by atoms with van der Waals surface area (Å²) >= 11 is 0. The molecule has 0 aromatic carbocycles. The van der Waals surface area contributed by atoms with Gasteiger partial charge in [-0.3, -0.25) is 0 Å². The second-order valence-corrected chi connectivity index (χ2v) is 12.8. The highest BCUT2D eigenvalue weighted by Crippen LogP contribution is 2.36. The number of hydrogen-bond acceptors (Lipinski definition) is 12. The molecule has 6 rings (SSSR count). The summed E-state index contributed by atoms with van der Waals surface area (Å²) in [4.78, 5) is 22.2. The van der Waals surface area contributed by atoms with Gasteiger partial charge in [0.05, 0.1) is 35.9 Å². The fourth-order valence-electron chi connectivity index (χ4n) is 4.87. The van der Waals surface area contributed by atoms with Crippen molar-refractivity contribution in [3.8, 4) is 28.5 Å². The molecule has 2 fully saturated rings. The third kappa shape index (κ3) is 5.84. The van der Waals surface area contributed by atoms with E-state index >= 15 is 0 Å². The number of aliphatic hydroxyl groups is 1. The Morgan fingerprint density at radius 3 is 2.56 bits per heavy atom. The van der Waals surface area contributed by atoms with Crippen LogP contribution in [0.2, 0.25) is 0 Å². The monoisotopic (exact) mass is 577 g/mol. The van der Waals surface area contributed by atoms with Crippen LogP contribution in [0.25, 0.3) is 22.6 Å². The lowest BCUT2D eigenvalue weighted by Gasteiger charge is -2.34. The Kier molecular flexibility index (Phi) is 7.03. The van der Waals surface area contributed by atoms with Crippen molar-refractivity contribution in [3.63, 3.8) is 0 Å². The normalized spacial score (nSPS) is 20.9. The summed E-state index contributed by atoms with van der Waals surface area (Å²) in [6, 6.07) is 3.73. The van der Waals surface area contributed by atoms with Crippen molar-refractivity contribution in [2.45, 2.75) is 62.3 Å². The van der Waals surface area contributed by atoms with E-state index in [4.69, 9.17) is 4.74 Å². The van der Waals surface area contributed by atoms with Crippen LogP contribution in [0.1, 0.15) is 45.4 Å². The van der Waals surface area contributed by atoms with Crippen molar-refractivity contribution in [2.24, 2.45) is 0 Å². The molecule has 41 heavy (non-hydrogen) atoms. The molecular formula is C27H31N9O4S. The van der Waals surface area contributed by atoms with E-state index in [0.29, 0.717) is 60.3 Å². The van der Waals surface area contributed by atoms with Crippen molar-refractivity contribution in [2.75, 3.05) is 17.7 Å². The lowest BCUT2D eigenvalue weighted by atomic mass is 9.83. The minimum Gasteiger partial charge on any atom is -0.479 e. The maximum Gasteiger partial charge on any atom is 0.256 e. The number of pyridine rings is 1. The van der Waals surface area contributed by atoms with Gasteiger partial charge in [0.25, 0.3) is 10.0 Å². The predicted octanol–water partition coefficient (Wildman–Crippen LogP) is 3.39. The van der Waals surface area contributed by atoms with Crippen LogP contribution >= 0.6 is 0 Å². The van der Waals surface area contributed by atoms with Gasteiger partial charge in [-0.2, -0.15) is 9.19 Å². The molecule has 4 aromatic rings. The number of nitrogens with one attached hydrogen (secondary N) is 2. The summed E-state index contributed by atoms with van der Waals surface area (Å²) in [6.45, 7) is 1.88. The molecule has 0 radical (unpaired) electrons. The van der Waals surface area contributed by atoms with E-state index in [1.165, 1.54) is 12.4 Å². The van der Waals surface area contributed by atoms with E-state index in [2.05, 4.69) is 40.7 Å². The van der Waals surface area contributed by atoms with Gasteiger partial charge in [0, 0.05) is 48.1 Å². The lowest BCUT2D eigenvalue weighted by molar-refractivity contribution is 0.0196. The van der Waals surface area contributed by atoms with Crippen LogP contribution in [0.4, 0.5) is 17.3 Å². The van der Waals surface area contributed by atoms with Crippen LogP contribution in [-0.2, 0) is 10.0 Å². The minimum atomic E-state index is -3.48. The Labute approximate surface area is 237 Å². The van der Waals surface area contributed by atoms with Crippen LogP contribution < -0.4 is 15.4 Å². The van der Waals surface area contributed by atoms with E-state index in [1.807, 2.05) is 13.0 Å². The van der Waals surface area contributed by atoms with Gasteiger partial charge < -0.3 is 20.5 Å². The largest absolute Gasteiger partial charge is 0.479 e. The summed E-state index contributed by atoms with van der Waals surface area (Å²) in [5.41, 5.74) is 1.91. The second-order valence-electron chi connectivity index (χ2n) is 10.7. The Bertz CT molecular complexity index is 1660. The smallest absolute Gasteiger partial charge is 0.256 e. The highest BCUT2D eigenvalue weighted by Gasteiger charge is 2.37. The van der Waals surface area contributed by atoms with Gasteiger partial charge in [-0.25, -0.2) is 33.3 Å². The van der Waals surface area contributed by atoms with Crippen LogP contribution in [0.15, 0.2) is 49.3 Å². The zero-order valence-electron chi connectivity index (χ0n) is 22.7. The van der Waals surface area contributed by atoms with Gasteiger partial charge in [-0.1, -0.05) is 0 Å². The third-order valence-corrected chi connectivity index (χ3v) is 9.41. The molecule has 4 aromatic heterocycles. The maximum atomic E-state index is 12.5. The van der Waals surface area contributed by atoms with E-state index < -0.39 is 15.6 Å². The van der Waals surface area contributed by atoms with E-state index in [0.717, 1.165) is 28.2 Å². The van der Waals surface area contributed by atoms with E-state index in [-0.39, 0.29) is 11.3 Å². The molecule has 0 unspecified atom stereocenters. The standard InChI is InChI=1S/C27H31N9O4S/c1-27(37)8-5-18(6-9-27)33-21-13-23(31-15-20(21)24-26(40-2)30-12-11-28-24)34-22-7-10-29-25(35-22)17-14-32-36(16-17)41(38,39)19-3-4-19/h7,10-16,18-19,37H,3-6,8-9H2,1-2H3,(H2,29,31,33,34,35). The molecule has 0 bridgehead atoms. The molecule has 2 aliphatic rings. The Hall–Kier alpha value is -4.17. The molecule has 4 heterocycles. The van der Waals surface area contributed by atoms with Crippen LogP contribution in [0, 0.1) is 0 Å². The third-order valence-electron chi connectivity index (χ3n) is 7.38. The number of hydrogen-bond donors (Lipinski definition) is 3. The first-order valence-corrected chi connectivity index (χ1v) is 15.0. The molecule has 13 nitrogen and oxygen atoms in total. The zero-order chi connectivity index (χ0) is 28.6. The predicted molar refractivity (Wildman–Crippen MR) is 152 cm³/mol.